The number of hydrogen-bond donors (Lipinski definition) is 1. The van der Waals surface area contributed by atoms with E-state index < -0.39 is 0 Å². The lowest BCUT2D eigenvalue weighted by Crippen LogP contribution is -2.25. The molecule has 0 aliphatic heterocycles. The molecule has 0 heterocycles. The van der Waals surface area contributed by atoms with Gasteiger partial charge in [-0.2, -0.15) is 0 Å². The number of para-hydroxylation sites is 1. The van der Waals surface area contributed by atoms with Gasteiger partial charge in [-0.15, -0.1) is 0 Å². The summed E-state index contributed by atoms with van der Waals surface area (Å²) in [6, 6.07) is 14.7. The van der Waals surface area contributed by atoms with E-state index in [1.165, 1.54) is 0 Å². The number of ether oxygens (including phenoxy) is 4. The van der Waals surface area contributed by atoms with Crippen LogP contribution in [0.5, 0.6) is 17.2 Å². The Morgan fingerprint density at radius 1 is 0.926 bits per heavy atom. The molecular weight excluding hydrogens is 346 g/mol. The fraction of sp³-hybridized carbons (Fsp3) is 0.381. The molecule has 0 saturated carbocycles. The zero-order valence-corrected chi connectivity index (χ0v) is 15.9. The largest absolute Gasteiger partial charge is 0.490 e. The second kappa shape index (κ2) is 11.8. The molecule has 0 radical (unpaired) electrons. The van der Waals surface area contributed by atoms with E-state index in [1.54, 1.807) is 25.3 Å². The average molecular weight is 373 g/mol. The normalized spacial score (nSPS) is 10.3. The van der Waals surface area contributed by atoms with Gasteiger partial charge >= 0.3 is 0 Å². The molecule has 0 saturated heterocycles. The molecule has 2 aromatic carbocycles. The first kappa shape index (κ1) is 20.6. The lowest BCUT2D eigenvalue weighted by atomic mass is 10.2. The molecule has 146 valence electrons. The lowest BCUT2D eigenvalue weighted by Gasteiger charge is -2.14. The summed E-state index contributed by atoms with van der Waals surface area (Å²) in [6.07, 6.45) is 0.767. The molecular formula is C21H27NO5. The van der Waals surface area contributed by atoms with E-state index in [0.29, 0.717) is 50.0 Å². The SMILES string of the molecule is CCOc1cc(C(=O)NCCCOC)ccc1OCCOc1ccccc1. The third-order valence-electron chi connectivity index (χ3n) is 3.67. The van der Waals surface area contributed by atoms with E-state index >= 15 is 0 Å². The summed E-state index contributed by atoms with van der Waals surface area (Å²) in [6.45, 7) is 4.33. The van der Waals surface area contributed by atoms with Crippen LogP contribution in [0.25, 0.3) is 0 Å². The topological polar surface area (TPSA) is 66.0 Å². The van der Waals surface area contributed by atoms with E-state index in [9.17, 15) is 4.79 Å². The third kappa shape index (κ3) is 7.19. The molecule has 0 unspecified atom stereocenters. The van der Waals surface area contributed by atoms with Crippen LogP contribution in [-0.4, -0.2) is 46.0 Å². The van der Waals surface area contributed by atoms with Gasteiger partial charge in [-0.05, 0) is 43.7 Å². The summed E-state index contributed by atoms with van der Waals surface area (Å²) >= 11 is 0. The second-order valence-electron chi connectivity index (χ2n) is 5.71. The molecule has 6 nitrogen and oxygen atoms in total. The molecule has 0 bridgehead atoms. The van der Waals surface area contributed by atoms with Crippen LogP contribution >= 0.6 is 0 Å². The number of hydrogen-bond acceptors (Lipinski definition) is 5. The number of rotatable bonds is 12. The first-order chi connectivity index (χ1) is 13.2. The number of nitrogens with one attached hydrogen (secondary N) is 1. The average Bonchev–Trinajstić information content (AvgIpc) is 2.70. The minimum absolute atomic E-state index is 0.147. The number of methoxy groups -OCH3 is 1. The molecule has 2 rings (SSSR count). The van der Waals surface area contributed by atoms with Crippen molar-refractivity contribution in [3.63, 3.8) is 0 Å². The summed E-state index contributed by atoms with van der Waals surface area (Å²) in [4.78, 5) is 12.2. The fourth-order valence-electron chi connectivity index (χ4n) is 2.39. The Balaban J connectivity index is 1.88. The Bertz CT molecular complexity index is 690. The lowest BCUT2D eigenvalue weighted by molar-refractivity contribution is 0.0948. The zero-order chi connectivity index (χ0) is 19.3. The standard InChI is InChI=1S/C21H27NO5/c1-3-25-20-16-17(21(23)22-12-7-13-24-2)10-11-19(20)27-15-14-26-18-8-5-4-6-9-18/h4-6,8-11,16H,3,7,12-15H2,1-2H3,(H,22,23). The highest BCUT2D eigenvalue weighted by Crippen LogP contribution is 2.28. The minimum Gasteiger partial charge on any atom is -0.490 e. The molecule has 0 fully saturated rings. The summed E-state index contributed by atoms with van der Waals surface area (Å²) < 4.78 is 22.0. The fourth-order valence-corrected chi connectivity index (χ4v) is 2.39. The predicted molar refractivity (Wildman–Crippen MR) is 104 cm³/mol. The molecule has 1 amide bonds. The van der Waals surface area contributed by atoms with Gasteiger partial charge < -0.3 is 24.3 Å². The first-order valence-electron chi connectivity index (χ1n) is 9.09. The predicted octanol–water partition coefficient (Wildman–Crippen LogP) is 3.31. The van der Waals surface area contributed by atoms with Gasteiger partial charge in [-0.1, -0.05) is 18.2 Å². The summed E-state index contributed by atoms with van der Waals surface area (Å²) in [5.41, 5.74) is 0.531. The maximum atomic E-state index is 12.2. The van der Waals surface area contributed by atoms with Gasteiger partial charge in [-0.3, -0.25) is 4.79 Å². The molecule has 0 atom stereocenters. The molecule has 0 aliphatic carbocycles. The molecule has 6 heteroatoms. The molecule has 1 N–H and O–H groups in total. The number of benzene rings is 2. The summed E-state index contributed by atoms with van der Waals surface area (Å²) in [7, 11) is 1.64. The van der Waals surface area contributed by atoms with Crippen molar-refractivity contribution in [3.8, 4) is 17.2 Å². The molecule has 0 aromatic heterocycles. The highest BCUT2D eigenvalue weighted by atomic mass is 16.5. The Labute approximate surface area is 160 Å². The van der Waals surface area contributed by atoms with Crippen LogP contribution in [-0.2, 0) is 4.74 Å². The van der Waals surface area contributed by atoms with Crippen molar-refractivity contribution in [1.82, 2.24) is 5.32 Å². The maximum Gasteiger partial charge on any atom is 0.251 e. The zero-order valence-electron chi connectivity index (χ0n) is 15.9. The van der Waals surface area contributed by atoms with Crippen molar-refractivity contribution >= 4 is 5.91 Å². The van der Waals surface area contributed by atoms with Gasteiger partial charge in [0.25, 0.3) is 5.91 Å². The van der Waals surface area contributed by atoms with E-state index in [-0.39, 0.29) is 5.91 Å². The van der Waals surface area contributed by atoms with Gasteiger partial charge in [0, 0.05) is 25.8 Å². The molecule has 0 aliphatic rings. The van der Waals surface area contributed by atoms with Gasteiger partial charge in [0.05, 0.1) is 6.61 Å². The van der Waals surface area contributed by atoms with E-state index in [4.69, 9.17) is 18.9 Å². The van der Waals surface area contributed by atoms with Gasteiger partial charge in [0.2, 0.25) is 0 Å². The first-order valence-corrected chi connectivity index (χ1v) is 9.09. The van der Waals surface area contributed by atoms with E-state index in [2.05, 4.69) is 5.32 Å². The van der Waals surface area contributed by atoms with Crippen molar-refractivity contribution in [2.45, 2.75) is 13.3 Å². The van der Waals surface area contributed by atoms with Crippen molar-refractivity contribution in [1.29, 1.82) is 0 Å². The Morgan fingerprint density at radius 3 is 2.44 bits per heavy atom. The van der Waals surface area contributed by atoms with E-state index in [0.717, 1.165) is 12.2 Å². The Hall–Kier alpha value is -2.73. The van der Waals surface area contributed by atoms with Crippen LogP contribution in [0, 0.1) is 0 Å². The number of amides is 1. The van der Waals surface area contributed by atoms with Gasteiger partial charge in [0.1, 0.15) is 19.0 Å². The Morgan fingerprint density at radius 2 is 1.70 bits per heavy atom. The summed E-state index contributed by atoms with van der Waals surface area (Å²) in [5, 5.41) is 2.86. The van der Waals surface area contributed by atoms with Crippen LogP contribution in [0.15, 0.2) is 48.5 Å². The molecule has 27 heavy (non-hydrogen) atoms. The smallest absolute Gasteiger partial charge is 0.251 e. The van der Waals surface area contributed by atoms with Crippen molar-refractivity contribution in [2.75, 3.05) is 40.1 Å². The molecule has 0 spiro atoms. The minimum atomic E-state index is -0.147. The van der Waals surface area contributed by atoms with Gasteiger partial charge in [0.15, 0.2) is 11.5 Å². The highest BCUT2D eigenvalue weighted by Gasteiger charge is 2.11. The Kier molecular flexibility index (Phi) is 9.00. The van der Waals surface area contributed by atoms with Crippen LogP contribution < -0.4 is 19.5 Å². The van der Waals surface area contributed by atoms with Crippen LogP contribution in [0.3, 0.4) is 0 Å². The second-order valence-corrected chi connectivity index (χ2v) is 5.71. The van der Waals surface area contributed by atoms with Crippen LogP contribution in [0.1, 0.15) is 23.7 Å². The van der Waals surface area contributed by atoms with E-state index in [1.807, 2.05) is 37.3 Å². The number of carbonyl (C=O) groups is 1. The van der Waals surface area contributed by atoms with Crippen molar-refractivity contribution in [3.05, 3.63) is 54.1 Å². The molecule has 2 aromatic rings. The van der Waals surface area contributed by atoms with Crippen molar-refractivity contribution < 1.29 is 23.7 Å². The highest BCUT2D eigenvalue weighted by molar-refractivity contribution is 5.94. The van der Waals surface area contributed by atoms with Crippen LogP contribution in [0.4, 0.5) is 0 Å². The third-order valence-corrected chi connectivity index (χ3v) is 3.67. The van der Waals surface area contributed by atoms with Gasteiger partial charge in [-0.25, -0.2) is 0 Å². The summed E-state index contributed by atoms with van der Waals surface area (Å²) in [5.74, 6) is 1.78. The maximum absolute atomic E-state index is 12.2. The van der Waals surface area contributed by atoms with Crippen molar-refractivity contribution in [2.24, 2.45) is 0 Å². The number of carbonyl (C=O) groups excluding carboxylic acids is 1. The quantitative estimate of drug-likeness (QED) is 0.578. The monoisotopic (exact) mass is 373 g/mol. The van der Waals surface area contributed by atoms with Crippen LogP contribution in [0.2, 0.25) is 0 Å².